The summed E-state index contributed by atoms with van der Waals surface area (Å²) < 4.78 is 10.2. The number of aliphatic hydroxyl groups is 1. The van der Waals surface area contributed by atoms with Crippen molar-refractivity contribution >= 4 is 17.6 Å². The van der Waals surface area contributed by atoms with Crippen molar-refractivity contribution in [1.29, 1.82) is 0 Å². The van der Waals surface area contributed by atoms with Gasteiger partial charge in [-0.2, -0.15) is 0 Å². The minimum Gasteiger partial charge on any atom is -0.496 e. The number of rotatable bonds is 4. The molecule has 0 radical (unpaired) electrons. The first-order valence-corrected chi connectivity index (χ1v) is 5.13. The monoisotopic (exact) mass is 260 g/mol. The van der Waals surface area contributed by atoms with E-state index in [0.29, 0.717) is 11.3 Å². The Morgan fingerprint density at radius 1 is 1.35 bits per heavy atom. The molecule has 1 aromatic rings. The standard InChI is InChI=1S/C11H13ClO5/c1-5-9(16-2)6(8(13)11(14)15)4-7(12)10(5)17-3/h4,8,13H,1-3H3,(H,14,15). The Morgan fingerprint density at radius 3 is 2.29 bits per heavy atom. The van der Waals surface area contributed by atoms with Crippen molar-refractivity contribution < 1.29 is 24.5 Å². The third-order valence-electron chi connectivity index (χ3n) is 2.38. The molecule has 1 atom stereocenters. The summed E-state index contributed by atoms with van der Waals surface area (Å²) in [4.78, 5) is 10.8. The van der Waals surface area contributed by atoms with Gasteiger partial charge >= 0.3 is 5.97 Å². The van der Waals surface area contributed by atoms with E-state index in [0.717, 1.165) is 0 Å². The Hall–Kier alpha value is -1.46. The van der Waals surface area contributed by atoms with Crippen molar-refractivity contribution in [2.75, 3.05) is 14.2 Å². The second kappa shape index (κ2) is 5.25. The number of aliphatic hydroxyl groups excluding tert-OH is 1. The lowest BCUT2D eigenvalue weighted by atomic mass is 10.0. The quantitative estimate of drug-likeness (QED) is 0.863. The number of carboxylic acid groups (broad SMARTS) is 1. The molecule has 94 valence electrons. The van der Waals surface area contributed by atoms with Gasteiger partial charge in [-0.3, -0.25) is 0 Å². The van der Waals surface area contributed by atoms with E-state index >= 15 is 0 Å². The molecule has 2 N–H and O–H groups in total. The second-order valence-corrected chi connectivity index (χ2v) is 3.79. The summed E-state index contributed by atoms with van der Waals surface area (Å²) in [7, 11) is 2.83. The minimum atomic E-state index is -1.69. The molecular weight excluding hydrogens is 248 g/mol. The normalized spacial score (nSPS) is 12.1. The highest BCUT2D eigenvalue weighted by molar-refractivity contribution is 6.32. The number of halogens is 1. The molecule has 0 amide bonds. The summed E-state index contributed by atoms with van der Waals surface area (Å²) in [5, 5.41) is 18.6. The fourth-order valence-electron chi connectivity index (χ4n) is 1.62. The van der Waals surface area contributed by atoms with Crippen molar-refractivity contribution in [2.45, 2.75) is 13.0 Å². The lowest BCUT2D eigenvalue weighted by molar-refractivity contribution is -0.147. The first-order valence-electron chi connectivity index (χ1n) is 4.75. The van der Waals surface area contributed by atoms with E-state index in [-0.39, 0.29) is 16.3 Å². The molecule has 17 heavy (non-hydrogen) atoms. The zero-order valence-corrected chi connectivity index (χ0v) is 10.4. The molecule has 0 bridgehead atoms. The molecule has 1 unspecified atom stereocenters. The van der Waals surface area contributed by atoms with Crippen LogP contribution >= 0.6 is 11.6 Å². The molecule has 0 fully saturated rings. The van der Waals surface area contributed by atoms with Crippen LogP contribution in [-0.2, 0) is 4.79 Å². The minimum absolute atomic E-state index is 0.100. The van der Waals surface area contributed by atoms with Gasteiger partial charge in [-0.15, -0.1) is 0 Å². The van der Waals surface area contributed by atoms with Crippen molar-refractivity contribution in [1.82, 2.24) is 0 Å². The van der Waals surface area contributed by atoms with Crippen molar-refractivity contribution in [2.24, 2.45) is 0 Å². The predicted molar refractivity (Wildman–Crippen MR) is 61.9 cm³/mol. The number of hydrogen-bond donors (Lipinski definition) is 2. The largest absolute Gasteiger partial charge is 0.496 e. The fraction of sp³-hybridized carbons (Fsp3) is 0.364. The number of methoxy groups -OCH3 is 2. The predicted octanol–water partition coefficient (Wildman–Crippen LogP) is 1.78. The molecule has 1 aromatic carbocycles. The van der Waals surface area contributed by atoms with Gasteiger partial charge in [0.1, 0.15) is 11.5 Å². The van der Waals surface area contributed by atoms with E-state index in [1.165, 1.54) is 20.3 Å². The van der Waals surface area contributed by atoms with Gasteiger partial charge in [0.15, 0.2) is 6.10 Å². The summed E-state index contributed by atoms with van der Waals surface area (Å²) in [5.41, 5.74) is 0.640. The van der Waals surface area contributed by atoms with E-state index in [4.69, 9.17) is 26.2 Å². The molecule has 0 saturated carbocycles. The lowest BCUT2D eigenvalue weighted by Gasteiger charge is -2.17. The van der Waals surface area contributed by atoms with Crippen LogP contribution in [0.5, 0.6) is 11.5 Å². The van der Waals surface area contributed by atoms with E-state index in [2.05, 4.69) is 0 Å². The van der Waals surface area contributed by atoms with E-state index in [9.17, 15) is 9.90 Å². The van der Waals surface area contributed by atoms with Crippen LogP contribution in [0.2, 0.25) is 5.02 Å². The van der Waals surface area contributed by atoms with Crippen LogP contribution in [0.1, 0.15) is 17.2 Å². The lowest BCUT2D eigenvalue weighted by Crippen LogP contribution is -2.12. The Bertz CT molecular complexity index is 444. The van der Waals surface area contributed by atoms with Gasteiger partial charge in [0, 0.05) is 11.1 Å². The topological polar surface area (TPSA) is 76.0 Å². The maximum atomic E-state index is 10.8. The highest BCUT2D eigenvalue weighted by atomic mass is 35.5. The van der Waals surface area contributed by atoms with Crippen LogP contribution in [0.25, 0.3) is 0 Å². The maximum absolute atomic E-state index is 10.8. The highest BCUT2D eigenvalue weighted by Gasteiger charge is 2.25. The van der Waals surface area contributed by atoms with E-state index < -0.39 is 12.1 Å². The molecule has 1 rings (SSSR count). The maximum Gasteiger partial charge on any atom is 0.337 e. The summed E-state index contributed by atoms with van der Waals surface area (Å²) in [6.45, 7) is 1.67. The molecule has 0 aliphatic rings. The van der Waals surface area contributed by atoms with Crippen molar-refractivity contribution in [3.8, 4) is 11.5 Å². The van der Waals surface area contributed by atoms with Crippen molar-refractivity contribution in [3.05, 3.63) is 22.2 Å². The molecule has 0 heterocycles. The molecule has 0 aliphatic carbocycles. The van der Waals surface area contributed by atoms with Crippen LogP contribution < -0.4 is 9.47 Å². The average molecular weight is 261 g/mol. The highest BCUT2D eigenvalue weighted by Crippen LogP contribution is 2.40. The van der Waals surface area contributed by atoms with Gasteiger partial charge in [0.05, 0.1) is 19.2 Å². The number of hydrogen-bond acceptors (Lipinski definition) is 4. The second-order valence-electron chi connectivity index (χ2n) is 3.38. The van der Waals surface area contributed by atoms with Crippen LogP contribution in [-0.4, -0.2) is 30.4 Å². The Kier molecular flexibility index (Phi) is 4.20. The van der Waals surface area contributed by atoms with Gasteiger partial charge in [-0.25, -0.2) is 4.79 Å². The van der Waals surface area contributed by atoms with Gasteiger partial charge in [0.2, 0.25) is 0 Å². The third-order valence-corrected chi connectivity index (χ3v) is 2.66. The number of aliphatic carboxylic acids is 1. The first-order chi connectivity index (χ1) is 7.93. The van der Waals surface area contributed by atoms with Crippen LogP contribution in [0.4, 0.5) is 0 Å². The van der Waals surface area contributed by atoms with E-state index in [1.54, 1.807) is 6.92 Å². The Balaban J connectivity index is 3.46. The Labute approximate surface area is 104 Å². The van der Waals surface area contributed by atoms with Gasteiger partial charge < -0.3 is 19.7 Å². The van der Waals surface area contributed by atoms with Crippen LogP contribution in [0.3, 0.4) is 0 Å². The molecule has 5 nitrogen and oxygen atoms in total. The number of benzene rings is 1. The summed E-state index contributed by atoms with van der Waals surface area (Å²) in [6.07, 6.45) is -1.69. The smallest absolute Gasteiger partial charge is 0.337 e. The molecular formula is C11H13ClO5. The fourth-order valence-corrected chi connectivity index (χ4v) is 1.96. The molecule has 6 heteroatoms. The van der Waals surface area contributed by atoms with Crippen LogP contribution in [0, 0.1) is 6.92 Å². The summed E-state index contributed by atoms with van der Waals surface area (Å²) in [6, 6.07) is 1.32. The van der Waals surface area contributed by atoms with Crippen molar-refractivity contribution in [3.63, 3.8) is 0 Å². The van der Waals surface area contributed by atoms with Gasteiger partial charge in [-0.05, 0) is 13.0 Å². The first kappa shape index (κ1) is 13.6. The number of carbonyl (C=O) groups is 1. The third kappa shape index (κ3) is 2.45. The Morgan fingerprint density at radius 2 is 1.88 bits per heavy atom. The van der Waals surface area contributed by atoms with Gasteiger partial charge in [0.25, 0.3) is 0 Å². The average Bonchev–Trinajstić information content (AvgIpc) is 2.27. The number of ether oxygens (including phenoxy) is 2. The van der Waals surface area contributed by atoms with Crippen LogP contribution in [0.15, 0.2) is 6.07 Å². The zero-order valence-electron chi connectivity index (χ0n) is 9.65. The molecule has 0 saturated heterocycles. The molecule has 0 spiro atoms. The molecule has 0 aliphatic heterocycles. The number of carboxylic acids is 1. The summed E-state index contributed by atoms with van der Waals surface area (Å²) >= 11 is 5.93. The molecule has 0 aromatic heterocycles. The summed E-state index contributed by atoms with van der Waals surface area (Å²) in [5.74, 6) is -0.727. The zero-order chi connectivity index (χ0) is 13.2. The van der Waals surface area contributed by atoms with Gasteiger partial charge in [-0.1, -0.05) is 11.6 Å². The SMILES string of the molecule is COc1c(Cl)cc(C(O)C(=O)O)c(OC)c1C. The van der Waals surface area contributed by atoms with E-state index in [1.807, 2.05) is 0 Å².